The Bertz CT molecular complexity index is 1230. The van der Waals surface area contributed by atoms with Crippen molar-refractivity contribution in [3.05, 3.63) is 70.1 Å². The van der Waals surface area contributed by atoms with Gasteiger partial charge in [-0.15, -0.1) is 0 Å². The Morgan fingerprint density at radius 2 is 1.89 bits per heavy atom. The smallest absolute Gasteiger partial charge is 0.381 e. The molecule has 35 heavy (non-hydrogen) atoms. The first-order chi connectivity index (χ1) is 16.7. The molecule has 11 heteroatoms. The zero-order valence-electron chi connectivity index (χ0n) is 18.6. The number of hydrogen-bond acceptors (Lipinski definition) is 6. The highest BCUT2D eigenvalue weighted by Crippen LogP contribution is 2.34. The summed E-state index contributed by atoms with van der Waals surface area (Å²) in [4.78, 5) is 28.0. The van der Waals surface area contributed by atoms with E-state index in [1.807, 2.05) is 24.3 Å². The molecular weight excluding hydrogens is 485 g/mol. The SMILES string of the molecule is O=C(OC(=O)C(F)(F)F)c1c2c(nn1CCCNCCc1ccc(Cl)cc1)-c1ccncc1CC2. The first-order valence-corrected chi connectivity index (χ1v) is 11.4. The molecule has 1 aromatic carbocycles. The summed E-state index contributed by atoms with van der Waals surface area (Å²) in [5, 5.41) is 8.48. The normalized spacial score (nSPS) is 12.7. The third-order valence-electron chi connectivity index (χ3n) is 5.69. The second-order valence-electron chi connectivity index (χ2n) is 8.09. The quantitative estimate of drug-likeness (QED) is 0.280. The fourth-order valence-corrected chi connectivity index (χ4v) is 4.14. The number of aryl methyl sites for hydroxylation is 2. The monoisotopic (exact) mass is 506 g/mol. The molecule has 0 saturated carbocycles. The highest BCUT2D eigenvalue weighted by Gasteiger charge is 2.43. The van der Waals surface area contributed by atoms with Crippen molar-refractivity contribution < 1.29 is 27.5 Å². The Balaban J connectivity index is 1.45. The Kier molecular flexibility index (Phi) is 7.51. The molecule has 0 spiro atoms. The third kappa shape index (κ3) is 5.88. The van der Waals surface area contributed by atoms with Crippen molar-refractivity contribution in [2.24, 2.45) is 0 Å². The maximum atomic E-state index is 12.7. The van der Waals surface area contributed by atoms with E-state index in [4.69, 9.17) is 11.6 Å². The summed E-state index contributed by atoms with van der Waals surface area (Å²) in [6.45, 7) is 1.56. The van der Waals surface area contributed by atoms with Gasteiger partial charge in [-0.05, 0) is 68.1 Å². The van der Waals surface area contributed by atoms with E-state index in [2.05, 4.69) is 20.1 Å². The maximum Gasteiger partial charge on any atom is 0.491 e. The van der Waals surface area contributed by atoms with Crippen LogP contribution in [-0.2, 0) is 35.3 Å². The van der Waals surface area contributed by atoms with E-state index in [1.165, 1.54) is 4.68 Å². The van der Waals surface area contributed by atoms with Crippen LogP contribution < -0.4 is 5.32 Å². The van der Waals surface area contributed by atoms with Crippen LogP contribution in [0.5, 0.6) is 0 Å². The van der Waals surface area contributed by atoms with E-state index in [9.17, 15) is 22.8 Å². The molecule has 1 N–H and O–H groups in total. The molecule has 0 atom stereocenters. The second kappa shape index (κ2) is 10.6. The minimum Gasteiger partial charge on any atom is -0.381 e. The predicted molar refractivity (Wildman–Crippen MR) is 122 cm³/mol. The van der Waals surface area contributed by atoms with E-state index in [0.717, 1.165) is 23.1 Å². The minimum atomic E-state index is -5.27. The van der Waals surface area contributed by atoms with Crippen LogP contribution in [0, 0.1) is 0 Å². The van der Waals surface area contributed by atoms with Gasteiger partial charge < -0.3 is 10.1 Å². The first-order valence-electron chi connectivity index (χ1n) is 11.1. The van der Waals surface area contributed by atoms with Gasteiger partial charge in [0.15, 0.2) is 5.69 Å². The van der Waals surface area contributed by atoms with Crippen molar-refractivity contribution in [1.29, 1.82) is 0 Å². The molecule has 0 unspecified atom stereocenters. The second-order valence-corrected chi connectivity index (χ2v) is 8.52. The number of benzene rings is 1. The van der Waals surface area contributed by atoms with E-state index in [0.29, 0.717) is 48.6 Å². The molecule has 2 aromatic heterocycles. The van der Waals surface area contributed by atoms with Gasteiger partial charge in [-0.1, -0.05) is 23.7 Å². The van der Waals surface area contributed by atoms with Gasteiger partial charge in [0.05, 0.1) is 5.69 Å². The molecule has 1 aliphatic rings. The zero-order valence-corrected chi connectivity index (χ0v) is 19.3. The van der Waals surface area contributed by atoms with Crippen LogP contribution in [0.3, 0.4) is 0 Å². The number of alkyl halides is 3. The summed E-state index contributed by atoms with van der Waals surface area (Å²) in [6.07, 6.45) is 0.287. The van der Waals surface area contributed by atoms with Crippen molar-refractivity contribution in [2.75, 3.05) is 13.1 Å². The number of rotatable bonds is 8. The molecule has 3 aromatic rings. The third-order valence-corrected chi connectivity index (χ3v) is 5.94. The summed E-state index contributed by atoms with van der Waals surface area (Å²) >= 11 is 5.89. The average Bonchev–Trinajstić information content (AvgIpc) is 3.20. The van der Waals surface area contributed by atoms with Crippen molar-refractivity contribution in [3.63, 3.8) is 0 Å². The standard InChI is InChI=1S/C24H22ClF3N4O3/c25-17-5-2-15(3-6-17)8-11-29-10-1-13-32-21(22(33)35-23(34)24(26,27)28)19-7-4-16-14-30-12-9-18(16)20(19)31-32/h2-3,5-6,9,12,14,29H,1,4,7-8,10-11,13H2. The number of carbonyl (C=O) groups is 2. The van der Waals surface area contributed by atoms with E-state index in [1.54, 1.807) is 18.5 Å². The van der Waals surface area contributed by atoms with Crippen molar-refractivity contribution in [1.82, 2.24) is 20.1 Å². The maximum absolute atomic E-state index is 12.7. The van der Waals surface area contributed by atoms with Gasteiger partial charge in [-0.2, -0.15) is 18.3 Å². The van der Waals surface area contributed by atoms with Gasteiger partial charge in [0.2, 0.25) is 0 Å². The fourth-order valence-electron chi connectivity index (χ4n) is 4.01. The number of nitrogens with zero attached hydrogens (tertiary/aromatic N) is 3. The van der Waals surface area contributed by atoms with Crippen LogP contribution in [0.25, 0.3) is 11.3 Å². The van der Waals surface area contributed by atoms with Crippen LogP contribution in [-0.4, -0.2) is 46.0 Å². The summed E-state index contributed by atoms with van der Waals surface area (Å²) < 4.78 is 43.5. The highest BCUT2D eigenvalue weighted by atomic mass is 35.5. The van der Waals surface area contributed by atoms with Crippen LogP contribution in [0.15, 0.2) is 42.7 Å². The van der Waals surface area contributed by atoms with Crippen molar-refractivity contribution >= 4 is 23.5 Å². The summed E-state index contributed by atoms with van der Waals surface area (Å²) in [7, 11) is 0. The molecule has 0 fully saturated rings. The van der Waals surface area contributed by atoms with Gasteiger partial charge in [-0.3, -0.25) is 9.67 Å². The molecule has 4 rings (SSSR count). The number of halogens is 4. The largest absolute Gasteiger partial charge is 0.491 e. The Labute approximate surface area is 204 Å². The van der Waals surface area contributed by atoms with Crippen molar-refractivity contribution in [2.45, 2.75) is 38.4 Å². The zero-order chi connectivity index (χ0) is 25.0. The number of esters is 2. The molecule has 0 bridgehead atoms. The summed E-state index contributed by atoms with van der Waals surface area (Å²) in [5.74, 6) is -3.90. The van der Waals surface area contributed by atoms with Crippen LogP contribution in [0.2, 0.25) is 5.02 Å². The van der Waals surface area contributed by atoms with E-state index in [-0.39, 0.29) is 12.2 Å². The molecular formula is C24H22ClF3N4O3. The molecule has 0 radical (unpaired) electrons. The lowest BCUT2D eigenvalue weighted by Gasteiger charge is -2.15. The van der Waals surface area contributed by atoms with Gasteiger partial charge in [0, 0.05) is 35.1 Å². The number of aromatic nitrogens is 3. The summed E-state index contributed by atoms with van der Waals surface area (Å²) in [6, 6.07) is 9.31. The van der Waals surface area contributed by atoms with E-state index < -0.39 is 18.1 Å². The Morgan fingerprint density at radius 3 is 2.63 bits per heavy atom. The molecule has 7 nitrogen and oxygen atoms in total. The number of pyridine rings is 1. The minimum absolute atomic E-state index is 0.124. The number of carbonyl (C=O) groups excluding carboxylic acids is 2. The highest BCUT2D eigenvalue weighted by molar-refractivity contribution is 6.30. The number of nitrogens with one attached hydrogen (secondary N) is 1. The number of hydrogen-bond donors (Lipinski definition) is 1. The topological polar surface area (TPSA) is 86.1 Å². The molecule has 0 aliphatic heterocycles. The molecule has 2 heterocycles. The number of fused-ring (bicyclic) bond motifs is 3. The first kappa shape index (κ1) is 24.9. The van der Waals surface area contributed by atoms with E-state index >= 15 is 0 Å². The molecule has 1 aliphatic carbocycles. The van der Waals surface area contributed by atoms with Crippen LogP contribution in [0.1, 0.15) is 33.6 Å². The molecule has 0 saturated heterocycles. The Morgan fingerprint density at radius 1 is 1.11 bits per heavy atom. The van der Waals surface area contributed by atoms with Crippen LogP contribution >= 0.6 is 11.6 Å². The molecule has 184 valence electrons. The Hall–Kier alpha value is -3.24. The fraction of sp³-hybridized carbons (Fsp3) is 0.333. The van der Waals surface area contributed by atoms with Gasteiger partial charge >= 0.3 is 18.1 Å². The average molecular weight is 507 g/mol. The van der Waals surface area contributed by atoms with Crippen LogP contribution in [0.4, 0.5) is 13.2 Å². The van der Waals surface area contributed by atoms with Gasteiger partial charge in [-0.25, -0.2) is 9.59 Å². The lowest BCUT2D eigenvalue weighted by atomic mass is 9.90. The lowest BCUT2D eigenvalue weighted by Crippen LogP contribution is -2.29. The predicted octanol–water partition coefficient (Wildman–Crippen LogP) is 4.17. The number of ether oxygens (including phenoxy) is 1. The van der Waals surface area contributed by atoms with Gasteiger partial charge in [0.25, 0.3) is 0 Å². The van der Waals surface area contributed by atoms with Gasteiger partial charge in [0.1, 0.15) is 0 Å². The lowest BCUT2D eigenvalue weighted by molar-refractivity contribution is -0.193. The molecule has 0 amide bonds. The summed E-state index contributed by atoms with van der Waals surface area (Å²) in [5.41, 5.74) is 3.67. The van der Waals surface area contributed by atoms with Crippen molar-refractivity contribution in [3.8, 4) is 11.3 Å².